The first-order valence-corrected chi connectivity index (χ1v) is 9.36. The molecule has 0 saturated carbocycles. The van der Waals surface area contributed by atoms with Gasteiger partial charge >= 0.3 is 0 Å². The van der Waals surface area contributed by atoms with Gasteiger partial charge in [0.25, 0.3) is 0 Å². The quantitative estimate of drug-likeness (QED) is 0.570. The van der Waals surface area contributed by atoms with E-state index in [0.717, 1.165) is 59.5 Å². The Bertz CT molecular complexity index is 865. The van der Waals surface area contributed by atoms with Gasteiger partial charge in [0.05, 0.1) is 25.0 Å². The first-order chi connectivity index (χ1) is 13.1. The molecule has 1 aromatic carbocycles. The number of benzene rings is 1. The van der Waals surface area contributed by atoms with Crippen molar-refractivity contribution in [2.75, 3.05) is 6.61 Å². The van der Waals surface area contributed by atoms with Gasteiger partial charge < -0.3 is 4.74 Å². The SMILES string of the molecule is CCCc1ccc(CCCOc2c(C)cc(-c3nnn(C)n3)cc2C)nn1. The average molecular weight is 366 g/mol. The zero-order valence-electron chi connectivity index (χ0n) is 16.4. The van der Waals surface area contributed by atoms with Crippen LogP contribution in [0, 0.1) is 13.8 Å². The lowest BCUT2D eigenvalue weighted by atomic mass is 10.1. The molecule has 0 unspecified atom stereocenters. The van der Waals surface area contributed by atoms with Crippen LogP contribution in [-0.2, 0) is 19.9 Å². The lowest BCUT2D eigenvalue weighted by Crippen LogP contribution is -2.04. The van der Waals surface area contributed by atoms with E-state index in [9.17, 15) is 0 Å². The van der Waals surface area contributed by atoms with Crippen LogP contribution in [0.4, 0.5) is 0 Å². The van der Waals surface area contributed by atoms with Crippen molar-refractivity contribution < 1.29 is 4.74 Å². The number of hydrogen-bond donors (Lipinski definition) is 0. The Hall–Kier alpha value is -2.83. The summed E-state index contributed by atoms with van der Waals surface area (Å²) in [5, 5.41) is 20.8. The van der Waals surface area contributed by atoms with E-state index in [1.807, 2.05) is 26.0 Å². The number of tetrazole rings is 1. The highest BCUT2D eigenvalue weighted by molar-refractivity contribution is 5.60. The minimum atomic E-state index is 0.625. The molecule has 0 aliphatic carbocycles. The van der Waals surface area contributed by atoms with Crippen LogP contribution in [0.15, 0.2) is 24.3 Å². The monoisotopic (exact) mass is 366 g/mol. The van der Waals surface area contributed by atoms with E-state index in [1.54, 1.807) is 7.05 Å². The summed E-state index contributed by atoms with van der Waals surface area (Å²) in [7, 11) is 1.76. The van der Waals surface area contributed by atoms with Crippen LogP contribution >= 0.6 is 0 Å². The highest BCUT2D eigenvalue weighted by Gasteiger charge is 2.11. The maximum absolute atomic E-state index is 6.04. The van der Waals surface area contributed by atoms with Gasteiger partial charge in [-0.05, 0) is 73.7 Å². The molecule has 2 heterocycles. The largest absolute Gasteiger partial charge is 0.493 e. The summed E-state index contributed by atoms with van der Waals surface area (Å²) in [6.45, 7) is 6.87. The van der Waals surface area contributed by atoms with E-state index in [2.05, 4.69) is 44.7 Å². The Kier molecular flexibility index (Phi) is 6.11. The second kappa shape index (κ2) is 8.70. The first kappa shape index (κ1) is 18.9. The molecule has 0 radical (unpaired) electrons. The smallest absolute Gasteiger partial charge is 0.204 e. The highest BCUT2D eigenvalue weighted by atomic mass is 16.5. The van der Waals surface area contributed by atoms with E-state index < -0.39 is 0 Å². The number of nitrogens with zero attached hydrogens (tertiary/aromatic N) is 6. The van der Waals surface area contributed by atoms with Gasteiger partial charge in [-0.1, -0.05) is 13.3 Å². The predicted octanol–water partition coefficient (Wildman–Crippen LogP) is 3.25. The maximum Gasteiger partial charge on any atom is 0.204 e. The Morgan fingerprint density at radius 3 is 2.19 bits per heavy atom. The van der Waals surface area contributed by atoms with Gasteiger partial charge in [0.2, 0.25) is 5.82 Å². The summed E-state index contributed by atoms with van der Waals surface area (Å²) in [6, 6.07) is 8.21. The summed E-state index contributed by atoms with van der Waals surface area (Å²) in [5.74, 6) is 1.55. The minimum Gasteiger partial charge on any atom is -0.493 e. The predicted molar refractivity (Wildman–Crippen MR) is 104 cm³/mol. The zero-order chi connectivity index (χ0) is 19.2. The van der Waals surface area contributed by atoms with Crippen LogP contribution in [0.25, 0.3) is 11.4 Å². The number of ether oxygens (including phenoxy) is 1. The number of aromatic nitrogens is 6. The third-order valence-electron chi connectivity index (χ3n) is 4.33. The summed E-state index contributed by atoms with van der Waals surface area (Å²) >= 11 is 0. The maximum atomic E-state index is 6.04. The van der Waals surface area contributed by atoms with Gasteiger partial charge in [-0.25, -0.2) is 0 Å². The third kappa shape index (κ3) is 4.87. The molecule has 0 saturated heterocycles. The summed E-state index contributed by atoms with van der Waals surface area (Å²) in [4.78, 5) is 1.46. The molecular weight excluding hydrogens is 340 g/mol. The third-order valence-corrected chi connectivity index (χ3v) is 4.33. The molecule has 0 atom stereocenters. The lowest BCUT2D eigenvalue weighted by Gasteiger charge is -2.13. The molecule has 0 aliphatic heterocycles. The standard InChI is InChI=1S/C20H26N6O/c1-5-7-17-9-10-18(22-21-17)8-6-11-27-19-14(2)12-16(13-15(19)3)20-23-25-26(4)24-20/h9-10,12-13H,5-8,11H2,1-4H3. The number of hydrogen-bond acceptors (Lipinski definition) is 6. The normalized spacial score (nSPS) is 11.0. The van der Waals surface area contributed by atoms with Crippen molar-refractivity contribution >= 4 is 0 Å². The number of aryl methyl sites for hydroxylation is 5. The molecule has 0 N–H and O–H groups in total. The fourth-order valence-corrected chi connectivity index (χ4v) is 3.04. The van der Waals surface area contributed by atoms with E-state index in [-0.39, 0.29) is 0 Å². The summed E-state index contributed by atoms with van der Waals surface area (Å²) < 4.78 is 6.04. The molecule has 0 bridgehead atoms. The molecule has 7 heteroatoms. The van der Waals surface area contributed by atoms with Gasteiger partial charge in [-0.3, -0.25) is 0 Å². The second-order valence-electron chi connectivity index (χ2n) is 6.76. The molecule has 3 rings (SSSR count). The van der Waals surface area contributed by atoms with Crippen molar-refractivity contribution in [2.45, 2.75) is 46.5 Å². The molecule has 0 amide bonds. The van der Waals surface area contributed by atoms with Gasteiger partial charge in [0.1, 0.15) is 5.75 Å². The molecule has 2 aromatic heterocycles. The van der Waals surface area contributed by atoms with Crippen LogP contribution in [0.2, 0.25) is 0 Å². The fourth-order valence-electron chi connectivity index (χ4n) is 3.04. The second-order valence-corrected chi connectivity index (χ2v) is 6.76. The molecule has 142 valence electrons. The van der Waals surface area contributed by atoms with Crippen molar-refractivity contribution in [2.24, 2.45) is 7.05 Å². The van der Waals surface area contributed by atoms with Crippen molar-refractivity contribution in [1.29, 1.82) is 0 Å². The van der Waals surface area contributed by atoms with Gasteiger partial charge in [0.15, 0.2) is 0 Å². The van der Waals surface area contributed by atoms with Crippen molar-refractivity contribution in [1.82, 2.24) is 30.4 Å². The first-order valence-electron chi connectivity index (χ1n) is 9.36. The zero-order valence-corrected chi connectivity index (χ0v) is 16.4. The summed E-state index contributed by atoms with van der Waals surface area (Å²) in [5.41, 5.74) is 5.16. The number of rotatable bonds is 8. The molecule has 0 spiro atoms. The van der Waals surface area contributed by atoms with Crippen molar-refractivity contribution in [3.63, 3.8) is 0 Å². The fraction of sp³-hybridized carbons (Fsp3) is 0.450. The molecular formula is C20H26N6O. The Morgan fingerprint density at radius 1 is 0.963 bits per heavy atom. The lowest BCUT2D eigenvalue weighted by molar-refractivity contribution is 0.306. The van der Waals surface area contributed by atoms with Gasteiger partial charge in [0, 0.05) is 5.56 Å². The van der Waals surface area contributed by atoms with Crippen LogP contribution in [0.3, 0.4) is 0 Å². The van der Waals surface area contributed by atoms with Crippen LogP contribution in [0.5, 0.6) is 5.75 Å². The molecule has 7 nitrogen and oxygen atoms in total. The average Bonchev–Trinajstić information content (AvgIpc) is 3.08. The topological polar surface area (TPSA) is 78.6 Å². The Morgan fingerprint density at radius 2 is 1.63 bits per heavy atom. The molecule has 3 aromatic rings. The minimum absolute atomic E-state index is 0.625. The van der Waals surface area contributed by atoms with E-state index >= 15 is 0 Å². The Balaban J connectivity index is 1.56. The molecule has 0 aliphatic rings. The van der Waals surface area contributed by atoms with Gasteiger partial charge in [-0.15, -0.1) is 10.2 Å². The van der Waals surface area contributed by atoms with Crippen LogP contribution in [-0.4, -0.2) is 37.0 Å². The highest BCUT2D eigenvalue weighted by Crippen LogP contribution is 2.28. The van der Waals surface area contributed by atoms with Crippen LogP contribution in [0.1, 0.15) is 42.3 Å². The Labute approximate surface area is 159 Å². The van der Waals surface area contributed by atoms with Crippen LogP contribution < -0.4 is 4.74 Å². The summed E-state index contributed by atoms with van der Waals surface area (Å²) in [6.07, 6.45) is 3.83. The molecule has 0 fully saturated rings. The van der Waals surface area contributed by atoms with E-state index in [4.69, 9.17) is 4.74 Å². The van der Waals surface area contributed by atoms with Gasteiger partial charge in [-0.2, -0.15) is 15.0 Å². The van der Waals surface area contributed by atoms with E-state index in [1.165, 1.54) is 4.80 Å². The van der Waals surface area contributed by atoms with Crippen molar-refractivity contribution in [3.05, 3.63) is 46.8 Å². The van der Waals surface area contributed by atoms with E-state index in [0.29, 0.717) is 12.4 Å². The van der Waals surface area contributed by atoms with Crippen molar-refractivity contribution in [3.8, 4) is 17.1 Å². The molecule has 27 heavy (non-hydrogen) atoms.